The van der Waals surface area contributed by atoms with E-state index in [9.17, 15) is 24.5 Å². The molecule has 0 heterocycles. The minimum Gasteiger partial charge on any atom is -0.445 e. The van der Waals surface area contributed by atoms with Gasteiger partial charge in [0.2, 0.25) is 5.91 Å². The third-order valence-corrected chi connectivity index (χ3v) is 5.63. The fourth-order valence-corrected chi connectivity index (χ4v) is 3.66. The number of benzene rings is 3. The average molecular weight is 518 g/mol. The average Bonchev–Trinajstić information content (AvgIpc) is 2.92. The molecule has 0 radical (unpaired) electrons. The van der Waals surface area contributed by atoms with Crippen molar-refractivity contribution in [2.75, 3.05) is 6.54 Å². The van der Waals surface area contributed by atoms with E-state index in [4.69, 9.17) is 10.3 Å². The van der Waals surface area contributed by atoms with E-state index in [1.54, 1.807) is 36.4 Å². The Balaban J connectivity index is 1.74. The highest BCUT2D eigenvalue weighted by Gasteiger charge is 2.28. The number of carbonyl (C=O) groups excluding carboxylic acids is 3. The topological polar surface area (TPSA) is 164 Å². The van der Waals surface area contributed by atoms with Gasteiger partial charge in [-0.1, -0.05) is 72.8 Å². The molecule has 0 bridgehead atoms. The number of nitro benzene ring substituents is 1. The standard InChI is InChI=1S/C27H27N5O6/c28-29-17-25(33)23(15-20-11-13-22(14-12-20)32(36)37)30-26(34)24(16-19-7-3-1-4-8-19)31-27(35)38-18-21-9-5-2-6-10-21/h1-14,23-24,28H,15-18H2,(H,30,34)(H,31,35). The Hall–Kier alpha value is -4.93. The molecule has 2 atom stereocenters. The minimum atomic E-state index is -1.07. The van der Waals surface area contributed by atoms with Crippen molar-refractivity contribution in [2.24, 2.45) is 5.11 Å². The van der Waals surface area contributed by atoms with Crippen LogP contribution in [-0.2, 0) is 33.8 Å². The summed E-state index contributed by atoms with van der Waals surface area (Å²) in [7, 11) is 0. The molecule has 0 fully saturated rings. The maximum Gasteiger partial charge on any atom is 0.408 e. The Labute approximate surface area is 218 Å². The summed E-state index contributed by atoms with van der Waals surface area (Å²) in [6.07, 6.45) is -0.646. The van der Waals surface area contributed by atoms with Crippen molar-refractivity contribution in [1.29, 1.82) is 5.53 Å². The summed E-state index contributed by atoms with van der Waals surface area (Å²) < 4.78 is 5.27. The Kier molecular flexibility index (Phi) is 10.2. The molecule has 0 aromatic heterocycles. The van der Waals surface area contributed by atoms with Crippen LogP contribution in [0.1, 0.15) is 16.7 Å². The van der Waals surface area contributed by atoms with Gasteiger partial charge in [0.05, 0.1) is 11.0 Å². The third-order valence-electron chi connectivity index (χ3n) is 5.63. The second-order valence-corrected chi connectivity index (χ2v) is 8.42. The van der Waals surface area contributed by atoms with Crippen LogP contribution in [0.2, 0.25) is 0 Å². The first kappa shape index (κ1) is 27.7. The fraction of sp³-hybridized carbons (Fsp3) is 0.222. The molecule has 11 nitrogen and oxygen atoms in total. The predicted molar refractivity (Wildman–Crippen MR) is 137 cm³/mol. The lowest BCUT2D eigenvalue weighted by Gasteiger charge is -2.23. The largest absolute Gasteiger partial charge is 0.445 e. The van der Waals surface area contributed by atoms with Gasteiger partial charge in [0.15, 0.2) is 5.78 Å². The van der Waals surface area contributed by atoms with Gasteiger partial charge in [-0.15, -0.1) is 0 Å². The first-order valence-corrected chi connectivity index (χ1v) is 11.8. The van der Waals surface area contributed by atoms with Gasteiger partial charge < -0.3 is 15.4 Å². The van der Waals surface area contributed by atoms with Crippen LogP contribution in [0.25, 0.3) is 0 Å². The van der Waals surface area contributed by atoms with Crippen molar-refractivity contribution >= 4 is 23.5 Å². The van der Waals surface area contributed by atoms with Gasteiger partial charge in [0.25, 0.3) is 5.69 Å². The van der Waals surface area contributed by atoms with Crippen LogP contribution in [0.3, 0.4) is 0 Å². The van der Waals surface area contributed by atoms with Crippen LogP contribution >= 0.6 is 0 Å². The van der Waals surface area contributed by atoms with E-state index in [0.29, 0.717) is 5.56 Å². The SMILES string of the molecule is N=NCC(=O)C(Cc1ccc([N+](=O)[O-])cc1)NC(=O)C(Cc1ccccc1)NC(=O)OCc1ccccc1. The van der Waals surface area contributed by atoms with Crippen molar-refractivity contribution in [3.63, 3.8) is 0 Å². The van der Waals surface area contributed by atoms with Crippen LogP contribution in [0.4, 0.5) is 10.5 Å². The molecule has 2 unspecified atom stereocenters. The molecule has 0 aliphatic heterocycles. The van der Waals surface area contributed by atoms with Gasteiger partial charge in [-0.25, -0.2) is 10.3 Å². The van der Waals surface area contributed by atoms with Crippen molar-refractivity contribution in [2.45, 2.75) is 31.5 Å². The van der Waals surface area contributed by atoms with E-state index in [0.717, 1.165) is 11.1 Å². The van der Waals surface area contributed by atoms with E-state index in [1.807, 2.05) is 24.3 Å². The van der Waals surface area contributed by atoms with Gasteiger partial charge in [-0.2, -0.15) is 5.11 Å². The van der Waals surface area contributed by atoms with Crippen molar-refractivity contribution in [3.05, 3.63) is 112 Å². The summed E-state index contributed by atoms with van der Waals surface area (Å²) in [5.41, 5.74) is 9.06. The maximum absolute atomic E-state index is 13.3. The summed E-state index contributed by atoms with van der Waals surface area (Å²) in [4.78, 5) is 48.9. The zero-order chi connectivity index (χ0) is 27.3. The van der Waals surface area contributed by atoms with Crippen LogP contribution < -0.4 is 10.6 Å². The van der Waals surface area contributed by atoms with Crippen LogP contribution in [0.5, 0.6) is 0 Å². The second-order valence-electron chi connectivity index (χ2n) is 8.42. The van der Waals surface area contributed by atoms with Crippen molar-refractivity contribution in [3.8, 4) is 0 Å². The number of rotatable bonds is 13. The van der Waals surface area contributed by atoms with E-state index >= 15 is 0 Å². The number of ether oxygens (including phenoxy) is 1. The number of carbonyl (C=O) groups is 3. The van der Waals surface area contributed by atoms with E-state index in [1.165, 1.54) is 24.3 Å². The number of non-ortho nitro benzene ring substituents is 1. The Morgan fingerprint density at radius 1 is 0.816 bits per heavy atom. The van der Waals surface area contributed by atoms with Gasteiger partial charge in [-0.05, 0) is 23.1 Å². The summed E-state index contributed by atoms with van der Waals surface area (Å²) in [6, 6.07) is 21.5. The van der Waals surface area contributed by atoms with Gasteiger partial charge >= 0.3 is 6.09 Å². The number of Topliss-reactive ketones (excluding diaryl/α,β-unsaturated/α-hetero) is 1. The van der Waals surface area contributed by atoms with Crippen molar-refractivity contribution < 1.29 is 24.0 Å². The molecule has 3 aromatic carbocycles. The summed E-state index contributed by atoms with van der Waals surface area (Å²) >= 11 is 0. The van der Waals surface area contributed by atoms with Crippen LogP contribution in [0, 0.1) is 15.6 Å². The number of ketones is 1. The molecule has 3 N–H and O–H groups in total. The molecule has 11 heteroatoms. The van der Waals surface area contributed by atoms with E-state index < -0.39 is 41.3 Å². The molecule has 2 amide bonds. The van der Waals surface area contributed by atoms with E-state index in [2.05, 4.69) is 15.7 Å². The summed E-state index contributed by atoms with van der Waals surface area (Å²) in [5, 5.41) is 19.3. The lowest BCUT2D eigenvalue weighted by molar-refractivity contribution is -0.384. The molecule has 0 spiro atoms. The quantitative estimate of drug-likeness (QED) is 0.177. The molecule has 0 saturated heterocycles. The Morgan fingerprint density at radius 3 is 1.95 bits per heavy atom. The number of amides is 2. The third kappa shape index (κ3) is 8.63. The van der Waals surface area contributed by atoms with Gasteiger partial charge in [0.1, 0.15) is 19.2 Å². The zero-order valence-electron chi connectivity index (χ0n) is 20.4. The van der Waals surface area contributed by atoms with E-state index in [-0.39, 0.29) is 25.1 Å². The highest BCUT2D eigenvalue weighted by molar-refractivity contribution is 5.93. The molecule has 0 aliphatic carbocycles. The van der Waals surface area contributed by atoms with Gasteiger partial charge in [0, 0.05) is 18.6 Å². The normalized spacial score (nSPS) is 12.0. The number of alkyl carbamates (subject to hydrolysis) is 1. The maximum atomic E-state index is 13.3. The molecular formula is C27H27N5O6. The zero-order valence-corrected chi connectivity index (χ0v) is 20.4. The monoisotopic (exact) mass is 517 g/mol. The fourth-order valence-electron chi connectivity index (χ4n) is 3.66. The number of hydrogen-bond donors (Lipinski definition) is 3. The highest BCUT2D eigenvalue weighted by Crippen LogP contribution is 2.14. The minimum absolute atomic E-state index is 0.0125. The van der Waals surface area contributed by atoms with Crippen LogP contribution in [0.15, 0.2) is 90.0 Å². The number of nitrogens with one attached hydrogen (secondary N) is 3. The first-order valence-electron chi connectivity index (χ1n) is 11.8. The molecule has 38 heavy (non-hydrogen) atoms. The van der Waals surface area contributed by atoms with Gasteiger partial charge in [-0.3, -0.25) is 19.7 Å². The highest BCUT2D eigenvalue weighted by atomic mass is 16.6. The molecule has 3 rings (SSSR count). The molecule has 3 aromatic rings. The lowest BCUT2D eigenvalue weighted by Crippen LogP contribution is -2.53. The second kappa shape index (κ2) is 14.0. The summed E-state index contributed by atoms with van der Waals surface area (Å²) in [5.74, 6) is -1.15. The first-order chi connectivity index (χ1) is 18.4. The number of nitro groups is 1. The van der Waals surface area contributed by atoms with Crippen LogP contribution in [-0.4, -0.2) is 41.3 Å². The molecule has 0 aliphatic rings. The molecular weight excluding hydrogens is 490 g/mol. The number of nitrogens with zero attached hydrogens (tertiary/aromatic N) is 2. The Bertz CT molecular complexity index is 1250. The predicted octanol–water partition coefficient (Wildman–Crippen LogP) is 3.76. The molecule has 196 valence electrons. The lowest BCUT2D eigenvalue weighted by atomic mass is 10.00. The number of hydrogen-bond acceptors (Lipinski definition) is 8. The summed E-state index contributed by atoms with van der Waals surface area (Å²) in [6.45, 7) is -0.438. The Morgan fingerprint density at radius 2 is 1.37 bits per heavy atom. The van der Waals surface area contributed by atoms with Crippen molar-refractivity contribution in [1.82, 2.24) is 10.6 Å². The molecule has 0 saturated carbocycles. The smallest absolute Gasteiger partial charge is 0.408 e.